The molecule has 1 aromatic rings. The van der Waals surface area contributed by atoms with Gasteiger partial charge in [-0.25, -0.2) is 8.42 Å². The molecule has 0 spiro atoms. The summed E-state index contributed by atoms with van der Waals surface area (Å²) in [4.78, 5) is 12.2. The highest BCUT2D eigenvalue weighted by molar-refractivity contribution is 7.92. The van der Waals surface area contributed by atoms with Crippen LogP contribution in [0.2, 0.25) is 5.02 Å². The lowest BCUT2D eigenvalue weighted by molar-refractivity contribution is -0.125. The zero-order chi connectivity index (χ0) is 17.7. The average Bonchev–Trinajstić information content (AvgIpc) is 2.53. The summed E-state index contributed by atoms with van der Waals surface area (Å²) in [6.07, 6.45) is 6.39. The summed E-state index contributed by atoms with van der Waals surface area (Å²) >= 11 is 6.01. The van der Waals surface area contributed by atoms with E-state index in [2.05, 4.69) is 5.32 Å². The molecule has 1 N–H and O–H groups in total. The lowest BCUT2D eigenvalue weighted by Gasteiger charge is -2.25. The Kier molecular flexibility index (Phi) is 6.52. The second kappa shape index (κ2) is 8.21. The summed E-state index contributed by atoms with van der Waals surface area (Å²) in [5, 5.41) is 3.36. The van der Waals surface area contributed by atoms with Crippen LogP contribution in [0.1, 0.15) is 37.7 Å². The number of anilines is 1. The zero-order valence-electron chi connectivity index (χ0n) is 14.2. The van der Waals surface area contributed by atoms with E-state index in [0.29, 0.717) is 10.7 Å². The molecule has 0 radical (unpaired) electrons. The summed E-state index contributed by atoms with van der Waals surface area (Å²) in [5.41, 5.74) is 1.38. The van der Waals surface area contributed by atoms with Gasteiger partial charge in [0.25, 0.3) is 0 Å². The molecule has 7 heteroatoms. The minimum absolute atomic E-state index is 0.0333. The van der Waals surface area contributed by atoms with Gasteiger partial charge in [0.2, 0.25) is 15.9 Å². The van der Waals surface area contributed by atoms with E-state index < -0.39 is 10.0 Å². The van der Waals surface area contributed by atoms with Gasteiger partial charge in [-0.1, -0.05) is 36.9 Å². The number of carbonyl (C=O) groups excluding carboxylic acids is 1. The Bertz CT molecular complexity index is 685. The normalized spacial score (nSPS) is 16.0. The Hall–Kier alpha value is -1.27. The fourth-order valence-corrected chi connectivity index (χ4v) is 4.25. The molecule has 0 bridgehead atoms. The third-order valence-electron chi connectivity index (χ3n) is 4.43. The molecule has 1 aliphatic carbocycles. The Labute approximate surface area is 149 Å². The smallest absolute Gasteiger partial charge is 0.232 e. The molecule has 0 aliphatic heterocycles. The van der Waals surface area contributed by atoms with Crippen LogP contribution in [0.15, 0.2) is 18.2 Å². The highest BCUT2D eigenvalue weighted by Gasteiger charge is 2.23. The van der Waals surface area contributed by atoms with Crippen LogP contribution < -0.4 is 9.62 Å². The zero-order valence-corrected chi connectivity index (χ0v) is 15.8. The Morgan fingerprint density at radius 3 is 2.58 bits per heavy atom. The van der Waals surface area contributed by atoms with Gasteiger partial charge in [0, 0.05) is 17.5 Å². The summed E-state index contributed by atoms with van der Waals surface area (Å²) in [7, 11) is -3.46. The van der Waals surface area contributed by atoms with Crippen molar-refractivity contribution in [1.29, 1.82) is 0 Å². The van der Waals surface area contributed by atoms with E-state index in [1.54, 1.807) is 18.2 Å². The fraction of sp³-hybridized carbons (Fsp3) is 0.588. The number of nitrogens with zero attached hydrogens (tertiary/aromatic N) is 1. The Morgan fingerprint density at radius 2 is 1.96 bits per heavy atom. The number of nitrogens with one attached hydrogen (secondary N) is 1. The number of carbonyl (C=O) groups is 1. The fourth-order valence-electron chi connectivity index (χ4n) is 3.11. The summed E-state index contributed by atoms with van der Waals surface area (Å²) in [5.74, 6) is 0.101. The first kappa shape index (κ1) is 19.1. The monoisotopic (exact) mass is 372 g/mol. The number of halogens is 1. The Balaban J connectivity index is 2.02. The first-order valence-corrected chi connectivity index (χ1v) is 10.5. The average molecular weight is 373 g/mol. The molecule has 0 atom stereocenters. The number of hydrogen-bond acceptors (Lipinski definition) is 3. The second-order valence-corrected chi connectivity index (χ2v) is 8.74. The highest BCUT2D eigenvalue weighted by Crippen LogP contribution is 2.26. The number of sulfonamides is 1. The molecule has 0 saturated heterocycles. The largest absolute Gasteiger partial charge is 0.354 e. The number of hydrogen-bond donors (Lipinski definition) is 1. The number of amides is 1. The predicted molar refractivity (Wildman–Crippen MR) is 98.0 cm³/mol. The van der Waals surface area contributed by atoms with Crippen molar-refractivity contribution in [1.82, 2.24) is 5.32 Å². The standard InChI is InChI=1S/C17H25ClN2O3S/c1-13-8-9-15(18)12-16(13)20(24(2,22)23)11-10-19-17(21)14-6-4-3-5-7-14/h8-9,12,14H,3-7,10-11H2,1-2H3,(H,19,21). The molecule has 2 rings (SSSR count). The molecule has 134 valence electrons. The molecule has 0 aromatic heterocycles. The Morgan fingerprint density at radius 1 is 1.29 bits per heavy atom. The van der Waals surface area contributed by atoms with Crippen molar-refractivity contribution in [2.45, 2.75) is 39.0 Å². The maximum atomic E-state index is 12.2. The molecule has 24 heavy (non-hydrogen) atoms. The van der Waals surface area contributed by atoms with Gasteiger partial charge in [-0.05, 0) is 37.5 Å². The van der Waals surface area contributed by atoms with Crippen LogP contribution in [-0.2, 0) is 14.8 Å². The second-order valence-electron chi connectivity index (χ2n) is 6.39. The topological polar surface area (TPSA) is 66.5 Å². The van der Waals surface area contributed by atoms with E-state index in [4.69, 9.17) is 11.6 Å². The van der Waals surface area contributed by atoms with E-state index >= 15 is 0 Å². The van der Waals surface area contributed by atoms with Crippen LogP contribution in [0, 0.1) is 12.8 Å². The molecule has 5 nitrogen and oxygen atoms in total. The van der Waals surface area contributed by atoms with E-state index in [0.717, 1.165) is 37.5 Å². The summed E-state index contributed by atoms with van der Waals surface area (Å²) < 4.78 is 25.6. The van der Waals surface area contributed by atoms with E-state index in [9.17, 15) is 13.2 Å². The van der Waals surface area contributed by atoms with Gasteiger partial charge >= 0.3 is 0 Å². The lowest BCUT2D eigenvalue weighted by Crippen LogP contribution is -2.40. The van der Waals surface area contributed by atoms with Crippen LogP contribution in [0.25, 0.3) is 0 Å². The van der Waals surface area contributed by atoms with Gasteiger partial charge in [-0.3, -0.25) is 9.10 Å². The van der Waals surface area contributed by atoms with Crippen LogP contribution in [-0.4, -0.2) is 33.7 Å². The van der Waals surface area contributed by atoms with Crippen LogP contribution in [0.3, 0.4) is 0 Å². The molecule has 1 fully saturated rings. The molecule has 1 amide bonds. The van der Waals surface area contributed by atoms with Crippen molar-refractivity contribution in [3.05, 3.63) is 28.8 Å². The first-order chi connectivity index (χ1) is 11.3. The molecular weight excluding hydrogens is 348 g/mol. The first-order valence-electron chi connectivity index (χ1n) is 8.30. The third-order valence-corrected chi connectivity index (χ3v) is 5.85. The predicted octanol–water partition coefficient (Wildman–Crippen LogP) is 3.11. The molecule has 1 aromatic carbocycles. The minimum Gasteiger partial charge on any atom is -0.354 e. The van der Waals surface area contributed by atoms with Crippen LogP contribution in [0.5, 0.6) is 0 Å². The maximum Gasteiger partial charge on any atom is 0.232 e. The van der Waals surface area contributed by atoms with Gasteiger partial charge in [0.05, 0.1) is 18.5 Å². The highest BCUT2D eigenvalue weighted by atomic mass is 35.5. The SMILES string of the molecule is Cc1ccc(Cl)cc1N(CCNC(=O)C1CCCCC1)S(C)(=O)=O. The van der Waals surface area contributed by atoms with Crippen molar-refractivity contribution in [3.63, 3.8) is 0 Å². The summed E-state index contributed by atoms with van der Waals surface area (Å²) in [6, 6.07) is 5.16. The van der Waals surface area contributed by atoms with E-state index in [1.165, 1.54) is 10.7 Å². The minimum atomic E-state index is -3.46. The van der Waals surface area contributed by atoms with Crippen molar-refractivity contribution < 1.29 is 13.2 Å². The lowest BCUT2D eigenvalue weighted by atomic mass is 9.89. The van der Waals surface area contributed by atoms with Crippen LogP contribution in [0.4, 0.5) is 5.69 Å². The molecule has 1 aliphatic rings. The van der Waals surface area contributed by atoms with E-state index in [1.807, 2.05) is 6.92 Å². The van der Waals surface area contributed by atoms with Gasteiger partial charge in [0.15, 0.2) is 0 Å². The number of aryl methyl sites for hydroxylation is 1. The maximum absolute atomic E-state index is 12.2. The molecule has 1 saturated carbocycles. The number of rotatable bonds is 6. The van der Waals surface area contributed by atoms with Crippen molar-refractivity contribution in [3.8, 4) is 0 Å². The van der Waals surface area contributed by atoms with Crippen LogP contribution >= 0.6 is 11.6 Å². The summed E-state index contributed by atoms with van der Waals surface area (Å²) in [6.45, 7) is 2.32. The molecule has 0 unspecified atom stereocenters. The molecular formula is C17H25ClN2O3S. The van der Waals surface area contributed by atoms with Gasteiger partial charge in [-0.15, -0.1) is 0 Å². The van der Waals surface area contributed by atoms with Crippen molar-refractivity contribution >= 4 is 33.2 Å². The van der Waals surface area contributed by atoms with Gasteiger partial charge in [-0.2, -0.15) is 0 Å². The van der Waals surface area contributed by atoms with E-state index in [-0.39, 0.29) is 24.9 Å². The quantitative estimate of drug-likeness (QED) is 0.834. The van der Waals surface area contributed by atoms with Gasteiger partial charge in [0.1, 0.15) is 0 Å². The van der Waals surface area contributed by atoms with Crippen molar-refractivity contribution in [2.75, 3.05) is 23.7 Å². The third kappa shape index (κ3) is 5.11. The van der Waals surface area contributed by atoms with Gasteiger partial charge < -0.3 is 5.32 Å². The molecule has 0 heterocycles. The van der Waals surface area contributed by atoms with Crippen molar-refractivity contribution in [2.24, 2.45) is 5.92 Å². The number of benzene rings is 1.